The van der Waals surface area contributed by atoms with Crippen LogP contribution in [0.3, 0.4) is 0 Å². The number of para-hydroxylation sites is 1. The second-order valence-electron chi connectivity index (χ2n) is 8.01. The number of hydrogen-bond donors (Lipinski definition) is 0. The minimum Gasteiger partial charge on any atom is -0.493 e. The van der Waals surface area contributed by atoms with Gasteiger partial charge in [0.15, 0.2) is 16.7 Å². The molecular weight excluding hydrogens is 470 g/mol. The van der Waals surface area contributed by atoms with E-state index in [0.717, 1.165) is 36.4 Å². The van der Waals surface area contributed by atoms with Crippen LogP contribution in [0.1, 0.15) is 17.7 Å². The first-order valence-corrected chi connectivity index (χ1v) is 13.1. The fourth-order valence-corrected chi connectivity index (χ4v) is 6.31. The quantitative estimate of drug-likeness (QED) is 0.378. The molecule has 5 rings (SSSR count). The van der Waals surface area contributed by atoms with Gasteiger partial charge < -0.3 is 14.4 Å². The maximum absolute atomic E-state index is 13.5. The number of aromatic nitrogens is 2. The van der Waals surface area contributed by atoms with Gasteiger partial charge >= 0.3 is 0 Å². The predicted octanol–water partition coefficient (Wildman–Crippen LogP) is 3.97. The van der Waals surface area contributed by atoms with Crippen LogP contribution in [-0.4, -0.2) is 47.7 Å². The molecule has 0 N–H and O–H groups in total. The lowest BCUT2D eigenvalue weighted by atomic mass is 10.0. The lowest BCUT2D eigenvalue weighted by molar-refractivity contribution is -0.116. The summed E-state index contributed by atoms with van der Waals surface area (Å²) >= 11 is 2.83. The van der Waals surface area contributed by atoms with Gasteiger partial charge in [0.2, 0.25) is 5.91 Å². The maximum Gasteiger partial charge on any atom is 0.272 e. The van der Waals surface area contributed by atoms with Crippen molar-refractivity contribution in [2.45, 2.75) is 29.3 Å². The number of benzene rings is 2. The number of rotatable bonds is 6. The van der Waals surface area contributed by atoms with Crippen LogP contribution in [0.2, 0.25) is 0 Å². The van der Waals surface area contributed by atoms with Crippen molar-refractivity contribution in [3.63, 3.8) is 0 Å². The standard InChI is InChI=1S/C25H25N3O4S2/c1-31-20-10-9-17(14-21(20)32-2)28-24(30)23-18(11-13-33-23)26-25(28)34-15-22(29)27-12-5-7-16-6-3-4-8-19(16)27/h3-4,6,8-10,14H,5,7,11-13,15H2,1-2H3. The molecule has 0 saturated carbocycles. The number of hydrogen-bond acceptors (Lipinski definition) is 7. The topological polar surface area (TPSA) is 73.7 Å². The molecule has 0 saturated heterocycles. The summed E-state index contributed by atoms with van der Waals surface area (Å²) in [6, 6.07) is 13.4. The summed E-state index contributed by atoms with van der Waals surface area (Å²) in [5, 5.41) is 0.511. The summed E-state index contributed by atoms with van der Waals surface area (Å²) in [7, 11) is 3.13. The Labute approximate surface area is 206 Å². The van der Waals surface area contributed by atoms with Crippen molar-refractivity contribution >= 4 is 35.1 Å². The van der Waals surface area contributed by atoms with Gasteiger partial charge in [0, 0.05) is 30.5 Å². The van der Waals surface area contributed by atoms with Gasteiger partial charge in [-0.05, 0) is 36.6 Å². The van der Waals surface area contributed by atoms with Crippen LogP contribution in [0.4, 0.5) is 5.69 Å². The van der Waals surface area contributed by atoms with E-state index >= 15 is 0 Å². The summed E-state index contributed by atoms with van der Waals surface area (Å²) in [6.45, 7) is 0.702. The third-order valence-corrected chi connectivity index (χ3v) is 8.06. The van der Waals surface area contributed by atoms with E-state index in [1.54, 1.807) is 30.9 Å². The van der Waals surface area contributed by atoms with Gasteiger partial charge in [-0.15, -0.1) is 11.8 Å². The predicted molar refractivity (Wildman–Crippen MR) is 135 cm³/mol. The number of nitrogens with zero attached hydrogens (tertiary/aromatic N) is 3. The normalized spacial score (nSPS) is 14.5. The van der Waals surface area contributed by atoms with Crippen molar-refractivity contribution < 1.29 is 14.3 Å². The monoisotopic (exact) mass is 495 g/mol. The second-order valence-corrected chi connectivity index (χ2v) is 10.1. The Morgan fingerprint density at radius 3 is 2.76 bits per heavy atom. The molecular formula is C25H25N3O4S2. The molecule has 2 aliphatic rings. The molecule has 0 aliphatic carbocycles. The van der Waals surface area contributed by atoms with Gasteiger partial charge in [0.1, 0.15) is 0 Å². The Balaban J connectivity index is 1.48. The van der Waals surface area contributed by atoms with Crippen LogP contribution in [-0.2, 0) is 17.6 Å². The van der Waals surface area contributed by atoms with Crippen molar-refractivity contribution in [3.8, 4) is 17.2 Å². The summed E-state index contributed by atoms with van der Waals surface area (Å²) < 4.78 is 12.4. The number of carbonyl (C=O) groups is 1. The number of anilines is 1. The third kappa shape index (κ3) is 4.18. The molecule has 0 bridgehead atoms. The van der Waals surface area contributed by atoms with Gasteiger partial charge in [-0.3, -0.25) is 14.2 Å². The second kappa shape index (κ2) is 9.76. The highest BCUT2D eigenvalue weighted by molar-refractivity contribution is 8.00. The van der Waals surface area contributed by atoms with E-state index in [9.17, 15) is 9.59 Å². The van der Waals surface area contributed by atoms with E-state index in [-0.39, 0.29) is 17.2 Å². The molecule has 0 fully saturated rings. The SMILES string of the molecule is COc1ccc(-n2c(SCC(=O)N3CCCc4ccccc43)nc3c(c2=O)SCC3)cc1OC. The van der Waals surface area contributed by atoms with Gasteiger partial charge in [0.05, 0.1) is 36.2 Å². The van der Waals surface area contributed by atoms with Crippen molar-refractivity contribution in [1.82, 2.24) is 9.55 Å². The molecule has 9 heteroatoms. The Hall–Kier alpha value is -2.91. The fourth-order valence-electron chi connectivity index (χ4n) is 4.38. The lowest BCUT2D eigenvalue weighted by Gasteiger charge is -2.29. The van der Waals surface area contributed by atoms with Crippen LogP contribution in [0, 0.1) is 0 Å². The minimum absolute atomic E-state index is 0.0140. The van der Waals surface area contributed by atoms with E-state index in [1.165, 1.54) is 29.1 Å². The molecule has 0 radical (unpaired) electrons. The van der Waals surface area contributed by atoms with Crippen LogP contribution in [0.25, 0.3) is 5.69 Å². The van der Waals surface area contributed by atoms with Crippen LogP contribution in [0.15, 0.2) is 57.3 Å². The minimum atomic E-state index is -0.113. The van der Waals surface area contributed by atoms with E-state index in [0.29, 0.717) is 33.8 Å². The van der Waals surface area contributed by atoms with Gasteiger partial charge in [-0.2, -0.15) is 0 Å². The van der Waals surface area contributed by atoms with Crippen LogP contribution in [0.5, 0.6) is 11.5 Å². The Morgan fingerprint density at radius 2 is 1.94 bits per heavy atom. The number of amides is 1. The maximum atomic E-state index is 13.5. The summed E-state index contributed by atoms with van der Waals surface area (Å²) in [6.07, 6.45) is 2.68. The average molecular weight is 496 g/mol. The van der Waals surface area contributed by atoms with Gasteiger partial charge in [-0.1, -0.05) is 30.0 Å². The summed E-state index contributed by atoms with van der Waals surface area (Å²) in [5.74, 6) is 2.15. The average Bonchev–Trinajstić information content (AvgIpc) is 3.35. The number of carbonyl (C=O) groups excluding carboxylic acids is 1. The van der Waals surface area contributed by atoms with E-state index in [4.69, 9.17) is 14.5 Å². The Bertz CT molecular complexity index is 1310. The molecule has 34 heavy (non-hydrogen) atoms. The molecule has 176 valence electrons. The molecule has 1 aromatic heterocycles. The Morgan fingerprint density at radius 1 is 1.12 bits per heavy atom. The molecule has 2 aliphatic heterocycles. The summed E-state index contributed by atoms with van der Waals surface area (Å²) in [5.41, 5.74) is 3.50. The number of aryl methyl sites for hydroxylation is 2. The molecule has 2 aromatic carbocycles. The highest BCUT2D eigenvalue weighted by Gasteiger charge is 2.26. The zero-order chi connectivity index (χ0) is 23.7. The number of thioether (sulfide) groups is 2. The molecule has 0 unspecified atom stereocenters. The first-order valence-electron chi connectivity index (χ1n) is 11.1. The van der Waals surface area contributed by atoms with Crippen molar-refractivity contribution in [2.75, 3.05) is 37.2 Å². The zero-order valence-electron chi connectivity index (χ0n) is 19.1. The molecule has 0 spiro atoms. The molecule has 7 nitrogen and oxygen atoms in total. The third-order valence-electron chi connectivity index (χ3n) is 6.03. The highest BCUT2D eigenvalue weighted by atomic mass is 32.2. The van der Waals surface area contributed by atoms with E-state index in [2.05, 4.69) is 6.07 Å². The molecule has 3 heterocycles. The molecule has 1 amide bonds. The van der Waals surface area contributed by atoms with Gasteiger partial charge in [-0.25, -0.2) is 4.98 Å². The van der Waals surface area contributed by atoms with Crippen molar-refractivity contribution in [1.29, 1.82) is 0 Å². The smallest absolute Gasteiger partial charge is 0.272 e. The Kier molecular flexibility index (Phi) is 6.56. The molecule has 0 atom stereocenters. The number of methoxy groups -OCH3 is 2. The summed E-state index contributed by atoms with van der Waals surface area (Å²) in [4.78, 5) is 34.0. The highest BCUT2D eigenvalue weighted by Crippen LogP contribution is 2.34. The van der Waals surface area contributed by atoms with Crippen LogP contribution >= 0.6 is 23.5 Å². The van der Waals surface area contributed by atoms with E-state index in [1.807, 2.05) is 29.2 Å². The van der Waals surface area contributed by atoms with Crippen LogP contribution < -0.4 is 19.9 Å². The van der Waals surface area contributed by atoms with Crippen molar-refractivity contribution in [3.05, 3.63) is 64.1 Å². The first-order chi connectivity index (χ1) is 16.6. The molecule has 3 aromatic rings. The fraction of sp³-hybridized carbons (Fsp3) is 0.320. The van der Waals surface area contributed by atoms with E-state index < -0.39 is 0 Å². The lowest BCUT2D eigenvalue weighted by Crippen LogP contribution is -2.36. The zero-order valence-corrected chi connectivity index (χ0v) is 20.7. The first kappa shape index (κ1) is 22.9. The number of ether oxygens (including phenoxy) is 2. The largest absolute Gasteiger partial charge is 0.493 e. The van der Waals surface area contributed by atoms with Crippen molar-refractivity contribution in [2.24, 2.45) is 0 Å². The number of fused-ring (bicyclic) bond motifs is 2. The van der Waals surface area contributed by atoms with Gasteiger partial charge in [0.25, 0.3) is 5.56 Å².